The molecule has 3 aromatic rings. The Labute approximate surface area is 124 Å². The number of aromatic nitrogens is 2. The van der Waals surface area contributed by atoms with Crippen LogP contribution in [0.15, 0.2) is 48.9 Å². The van der Waals surface area contributed by atoms with Crippen LogP contribution in [0.25, 0.3) is 10.8 Å². The second kappa shape index (κ2) is 5.58. The molecule has 0 spiro atoms. The normalized spacial score (nSPS) is 12.5. The zero-order valence-corrected chi connectivity index (χ0v) is 12.3. The molecule has 4 nitrogen and oxygen atoms in total. The molecule has 1 atom stereocenters. The number of rotatable bonds is 4. The van der Waals surface area contributed by atoms with Crippen LogP contribution < -0.4 is 10.5 Å². The summed E-state index contributed by atoms with van der Waals surface area (Å²) >= 11 is 0. The lowest BCUT2D eigenvalue weighted by molar-refractivity contribution is 0.296. The van der Waals surface area contributed by atoms with Crippen molar-refractivity contribution in [3.63, 3.8) is 0 Å². The van der Waals surface area contributed by atoms with Gasteiger partial charge in [-0.25, -0.2) is 4.98 Å². The van der Waals surface area contributed by atoms with Crippen molar-refractivity contribution in [3.8, 4) is 5.75 Å². The van der Waals surface area contributed by atoms with Crippen LogP contribution in [0.2, 0.25) is 0 Å². The molecule has 21 heavy (non-hydrogen) atoms. The number of imidazole rings is 1. The summed E-state index contributed by atoms with van der Waals surface area (Å²) in [5.41, 5.74) is 8.14. The molecular formula is C17H19N3O. The molecule has 0 fully saturated rings. The zero-order valence-electron chi connectivity index (χ0n) is 12.3. The highest BCUT2D eigenvalue weighted by atomic mass is 16.5. The highest BCUT2D eigenvalue weighted by Crippen LogP contribution is 2.33. The number of nitrogens with zero attached hydrogens (tertiary/aromatic N) is 2. The lowest BCUT2D eigenvalue weighted by atomic mass is 10.0. The quantitative estimate of drug-likeness (QED) is 0.799. The Morgan fingerprint density at radius 2 is 2.05 bits per heavy atom. The molecule has 1 aromatic heterocycles. The molecule has 0 aliphatic rings. The summed E-state index contributed by atoms with van der Waals surface area (Å²) in [5.74, 6) is 0.865. The van der Waals surface area contributed by atoms with Gasteiger partial charge in [0.15, 0.2) is 0 Å². The first-order valence-electron chi connectivity index (χ1n) is 7.02. The van der Waals surface area contributed by atoms with Gasteiger partial charge in [-0.2, -0.15) is 0 Å². The molecule has 4 heteroatoms. The van der Waals surface area contributed by atoms with E-state index in [1.807, 2.05) is 42.9 Å². The van der Waals surface area contributed by atoms with Crippen molar-refractivity contribution in [1.82, 2.24) is 9.55 Å². The Bertz CT molecular complexity index is 762. The number of aryl methyl sites for hydroxylation is 1. The molecule has 0 unspecified atom stereocenters. The second-order valence-electron chi connectivity index (χ2n) is 5.28. The van der Waals surface area contributed by atoms with Gasteiger partial charge in [-0.05, 0) is 12.3 Å². The summed E-state index contributed by atoms with van der Waals surface area (Å²) in [5, 5.41) is 2.25. The molecule has 0 amide bonds. The molecule has 0 saturated heterocycles. The van der Waals surface area contributed by atoms with Crippen LogP contribution in [-0.4, -0.2) is 9.55 Å². The number of ether oxygens (including phenoxy) is 1. The third-order valence-corrected chi connectivity index (χ3v) is 3.68. The van der Waals surface area contributed by atoms with Gasteiger partial charge >= 0.3 is 0 Å². The standard InChI is InChI=1S/C17H19N3O/c1-12(18)15-8-7-13-5-3-4-6-16(13)17(15)21-10-14-9-19-11-20(14)2/h3-9,11-12H,10,18H2,1-2H3/t12-/m0/s1. The van der Waals surface area contributed by atoms with Gasteiger partial charge in [0, 0.05) is 24.0 Å². The monoisotopic (exact) mass is 281 g/mol. The van der Waals surface area contributed by atoms with Crippen molar-refractivity contribution in [2.45, 2.75) is 19.6 Å². The van der Waals surface area contributed by atoms with Gasteiger partial charge in [-0.3, -0.25) is 0 Å². The number of fused-ring (bicyclic) bond motifs is 1. The Hall–Kier alpha value is -2.33. The first-order valence-corrected chi connectivity index (χ1v) is 7.02. The minimum Gasteiger partial charge on any atom is -0.486 e. The fourth-order valence-corrected chi connectivity index (χ4v) is 2.45. The third-order valence-electron chi connectivity index (χ3n) is 3.68. The van der Waals surface area contributed by atoms with Gasteiger partial charge in [0.1, 0.15) is 12.4 Å². The van der Waals surface area contributed by atoms with Gasteiger partial charge in [-0.1, -0.05) is 36.4 Å². The molecule has 0 bridgehead atoms. The Morgan fingerprint density at radius 1 is 1.24 bits per heavy atom. The minimum atomic E-state index is -0.0730. The highest BCUT2D eigenvalue weighted by Gasteiger charge is 2.13. The maximum atomic E-state index is 6.10. The number of hydrogen-bond donors (Lipinski definition) is 1. The molecule has 1 heterocycles. The average molecular weight is 281 g/mol. The van der Waals surface area contributed by atoms with Crippen molar-refractivity contribution >= 4 is 10.8 Å². The van der Waals surface area contributed by atoms with Crippen molar-refractivity contribution in [2.75, 3.05) is 0 Å². The molecule has 2 N–H and O–H groups in total. The summed E-state index contributed by atoms with van der Waals surface area (Å²) in [6.45, 7) is 2.45. The Morgan fingerprint density at radius 3 is 2.76 bits per heavy atom. The second-order valence-corrected chi connectivity index (χ2v) is 5.28. The van der Waals surface area contributed by atoms with Crippen LogP contribution >= 0.6 is 0 Å². The van der Waals surface area contributed by atoms with E-state index < -0.39 is 0 Å². The van der Waals surface area contributed by atoms with E-state index in [1.165, 1.54) is 0 Å². The van der Waals surface area contributed by atoms with Crippen molar-refractivity contribution in [1.29, 1.82) is 0 Å². The van der Waals surface area contributed by atoms with Crippen molar-refractivity contribution in [3.05, 3.63) is 60.2 Å². The van der Waals surface area contributed by atoms with Crippen LogP contribution in [0.1, 0.15) is 24.2 Å². The summed E-state index contributed by atoms with van der Waals surface area (Å²) in [7, 11) is 1.96. The maximum absolute atomic E-state index is 6.10. The first kappa shape index (κ1) is 13.6. The topological polar surface area (TPSA) is 53.1 Å². The van der Waals surface area contributed by atoms with Crippen LogP contribution in [0.4, 0.5) is 0 Å². The Balaban J connectivity index is 2.02. The fraction of sp³-hybridized carbons (Fsp3) is 0.235. The van der Waals surface area contributed by atoms with Crippen molar-refractivity contribution in [2.24, 2.45) is 12.8 Å². The highest BCUT2D eigenvalue weighted by molar-refractivity contribution is 5.89. The van der Waals surface area contributed by atoms with Gasteiger partial charge < -0.3 is 15.0 Å². The molecule has 2 aromatic carbocycles. The summed E-state index contributed by atoms with van der Waals surface area (Å²) in [6, 6.07) is 12.3. The lowest BCUT2D eigenvalue weighted by Gasteiger charge is -2.16. The van der Waals surface area contributed by atoms with Gasteiger partial charge in [0.2, 0.25) is 0 Å². The van der Waals surface area contributed by atoms with E-state index >= 15 is 0 Å². The molecule has 0 aliphatic heterocycles. The zero-order chi connectivity index (χ0) is 14.8. The molecule has 108 valence electrons. The van der Waals surface area contributed by atoms with Crippen LogP contribution in [0, 0.1) is 0 Å². The number of nitrogens with two attached hydrogens (primary N) is 1. The van der Waals surface area contributed by atoms with Gasteiger partial charge in [0.25, 0.3) is 0 Å². The molecular weight excluding hydrogens is 262 g/mol. The van der Waals surface area contributed by atoms with E-state index in [-0.39, 0.29) is 6.04 Å². The van der Waals surface area contributed by atoms with E-state index in [1.54, 1.807) is 6.33 Å². The SMILES string of the molecule is C[C@H](N)c1ccc2ccccc2c1OCc1cncn1C. The average Bonchev–Trinajstić information content (AvgIpc) is 2.89. The first-order chi connectivity index (χ1) is 10.2. The molecule has 0 saturated carbocycles. The van der Waals surface area contributed by atoms with E-state index in [4.69, 9.17) is 10.5 Å². The van der Waals surface area contributed by atoms with Crippen LogP contribution in [-0.2, 0) is 13.7 Å². The van der Waals surface area contributed by atoms with E-state index in [0.29, 0.717) is 6.61 Å². The third kappa shape index (κ3) is 2.62. The predicted molar refractivity (Wildman–Crippen MR) is 84.1 cm³/mol. The summed E-state index contributed by atoms with van der Waals surface area (Å²) < 4.78 is 8.05. The molecule has 0 radical (unpaired) electrons. The number of hydrogen-bond acceptors (Lipinski definition) is 3. The smallest absolute Gasteiger partial charge is 0.132 e. The lowest BCUT2D eigenvalue weighted by Crippen LogP contribution is -2.09. The van der Waals surface area contributed by atoms with Crippen LogP contribution in [0.3, 0.4) is 0 Å². The predicted octanol–water partition coefficient (Wildman–Crippen LogP) is 3.17. The minimum absolute atomic E-state index is 0.0730. The van der Waals surface area contributed by atoms with Gasteiger partial charge in [-0.15, -0.1) is 0 Å². The summed E-state index contributed by atoms with van der Waals surface area (Å²) in [4.78, 5) is 4.11. The van der Waals surface area contributed by atoms with E-state index in [0.717, 1.165) is 27.8 Å². The maximum Gasteiger partial charge on any atom is 0.132 e. The largest absolute Gasteiger partial charge is 0.486 e. The fourth-order valence-electron chi connectivity index (χ4n) is 2.45. The molecule has 0 aliphatic carbocycles. The van der Waals surface area contributed by atoms with E-state index in [2.05, 4.69) is 23.2 Å². The summed E-state index contributed by atoms with van der Waals surface area (Å²) in [6.07, 6.45) is 3.59. The number of benzene rings is 2. The van der Waals surface area contributed by atoms with Crippen molar-refractivity contribution < 1.29 is 4.74 Å². The Kier molecular flexibility index (Phi) is 3.62. The molecule has 3 rings (SSSR count). The van der Waals surface area contributed by atoms with E-state index in [9.17, 15) is 0 Å². The van der Waals surface area contributed by atoms with Crippen LogP contribution in [0.5, 0.6) is 5.75 Å². The van der Waals surface area contributed by atoms with Gasteiger partial charge in [0.05, 0.1) is 18.2 Å².